The van der Waals surface area contributed by atoms with E-state index < -0.39 is 6.10 Å². The van der Waals surface area contributed by atoms with E-state index in [4.69, 9.17) is 4.74 Å². The Balaban J connectivity index is 1.86. The predicted octanol–water partition coefficient (Wildman–Crippen LogP) is 3.68. The van der Waals surface area contributed by atoms with Crippen molar-refractivity contribution >= 4 is 5.78 Å². The van der Waals surface area contributed by atoms with E-state index in [2.05, 4.69) is 43.4 Å². The number of benzene rings is 2. The van der Waals surface area contributed by atoms with Crippen LogP contribution in [-0.4, -0.2) is 30.1 Å². The quantitative estimate of drug-likeness (QED) is 0.683. The molecule has 134 valence electrons. The van der Waals surface area contributed by atoms with Crippen molar-refractivity contribution in [2.45, 2.75) is 39.3 Å². The molecule has 2 N–H and O–H groups in total. The van der Waals surface area contributed by atoms with E-state index in [0.717, 1.165) is 6.42 Å². The molecular weight excluding hydrogens is 314 g/mol. The molecule has 2 unspecified atom stereocenters. The number of nitrogens with one attached hydrogen (secondary N) is 1. The summed E-state index contributed by atoms with van der Waals surface area (Å²) in [4.78, 5) is 11.6. The summed E-state index contributed by atoms with van der Waals surface area (Å²) in [6.45, 7) is 6.26. The van der Waals surface area contributed by atoms with Crippen LogP contribution in [0.3, 0.4) is 0 Å². The van der Waals surface area contributed by atoms with Crippen molar-refractivity contribution < 1.29 is 14.6 Å². The largest absolute Gasteiger partial charge is 0.490 e. The van der Waals surface area contributed by atoms with E-state index in [1.165, 1.54) is 18.1 Å². The molecule has 4 heteroatoms. The number of ketones is 1. The summed E-state index contributed by atoms with van der Waals surface area (Å²) in [6, 6.07) is 15.7. The average molecular weight is 341 g/mol. The van der Waals surface area contributed by atoms with Crippen LogP contribution in [0.15, 0.2) is 48.5 Å². The van der Waals surface area contributed by atoms with Crippen LogP contribution >= 0.6 is 0 Å². The number of aryl methyl sites for hydroxylation is 1. The first-order chi connectivity index (χ1) is 12.0. The van der Waals surface area contributed by atoms with Gasteiger partial charge in [-0.25, -0.2) is 0 Å². The highest BCUT2D eigenvalue weighted by molar-refractivity contribution is 5.96. The first kappa shape index (κ1) is 19.2. The number of rotatable bonds is 9. The van der Waals surface area contributed by atoms with Crippen LogP contribution < -0.4 is 10.1 Å². The minimum Gasteiger partial charge on any atom is -0.490 e. The summed E-state index contributed by atoms with van der Waals surface area (Å²) in [5.41, 5.74) is 2.98. The molecule has 0 aliphatic carbocycles. The van der Waals surface area contributed by atoms with Crippen molar-refractivity contribution in [3.05, 3.63) is 65.2 Å². The van der Waals surface area contributed by atoms with E-state index in [1.807, 2.05) is 6.07 Å². The molecule has 2 aromatic carbocycles. The molecule has 0 fully saturated rings. The van der Waals surface area contributed by atoms with Gasteiger partial charge in [-0.15, -0.1) is 0 Å². The standard InChI is InChI=1S/C21H27NO3/c1-4-20(17-11-9-15(2)10-12-17)22-13-18(24)14-25-21-8-6-5-7-19(21)16(3)23/h5-12,18,20,22,24H,4,13-14H2,1-3H3. The van der Waals surface area contributed by atoms with E-state index >= 15 is 0 Å². The second kappa shape index (κ2) is 9.35. The molecule has 2 aromatic rings. The number of aliphatic hydroxyl groups excluding tert-OH is 1. The maximum Gasteiger partial charge on any atom is 0.163 e. The van der Waals surface area contributed by atoms with E-state index in [1.54, 1.807) is 18.2 Å². The lowest BCUT2D eigenvalue weighted by molar-refractivity contribution is 0.0963. The molecule has 0 heterocycles. The van der Waals surface area contributed by atoms with Gasteiger partial charge >= 0.3 is 0 Å². The summed E-state index contributed by atoms with van der Waals surface area (Å²) >= 11 is 0. The Labute approximate surface area is 149 Å². The van der Waals surface area contributed by atoms with Gasteiger partial charge in [-0.2, -0.15) is 0 Å². The van der Waals surface area contributed by atoms with Gasteiger partial charge in [-0.05, 0) is 38.0 Å². The zero-order valence-electron chi connectivity index (χ0n) is 15.2. The van der Waals surface area contributed by atoms with Gasteiger partial charge in [0.2, 0.25) is 0 Å². The Morgan fingerprint density at radius 2 is 1.84 bits per heavy atom. The van der Waals surface area contributed by atoms with Crippen molar-refractivity contribution in [1.29, 1.82) is 0 Å². The van der Waals surface area contributed by atoms with Crippen molar-refractivity contribution in [3.63, 3.8) is 0 Å². The number of Topliss-reactive ketones (excluding diaryl/α,β-unsaturated/α-hetero) is 1. The Morgan fingerprint density at radius 3 is 2.48 bits per heavy atom. The van der Waals surface area contributed by atoms with Gasteiger partial charge in [0, 0.05) is 12.6 Å². The van der Waals surface area contributed by atoms with Crippen LogP contribution in [0, 0.1) is 6.92 Å². The molecular formula is C21H27NO3. The smallest absolute Gasteiger partial charge is 0.163 e. The minimum absolute atomic E-state index is 0.0476. The number of para-hydroxylation sites is 1. The number of ether oxygens (including phenoxy) is 1. The lowest BCUT2D eigenvalue weighted by Crippen LogP contribution is -2.33. The van der Waals surface area contributed by atoms with Crippen molar-refractivity contribution in [2.24, 2.45) is 0 Å². The molecule has 0 bridgehead atoms. The molecule has 2 rings (SSSR count). The van der Waals surface area contributed by atoms with E-state index in [-0.39, 0.29) is 18.4 Å². The number of carbonyl (C=O) groups excluding carboxylic acids is 1. The van der Waals surface area contributed by atoms with Gasteiger partial charge in [-0.1, -0.05) is 48.9 Å². The second-order valence-corrected chi connectivity index (χ2v) is 6.30. The third-order valence-corrected chi connectivity index (χ3v) is 4.19. The third kappa shape index (κ3) is 5.69. The molecule has 2 atom stereocenters. The molecule has 0 aromatic heterocycles. The highest BCUT2D eigenvalue weighted by Crippen LogP contribution is 2.19. The van der Waals surface area contributed by atoms with Gasteiger partial charge in [0.05, 0.1) is 5.56 Å². The molecule has 25 heavy (non-hydrogen) atoms. The fourth-order valence-electron chi connectivity index (χ4n) is 2.70. The number of hydrogen-bond acceptors (Lipinski definition) is 4. The van der Waals surface area contributed by atoms with Crippen LogP contribution in [0.5, 0.6) is 5.75 Å². The fraction of sp³-hybridized carbons (Fsp3) is 0.381. The van der Waals surface area contributed by atoms with E-state index in [0.29, 0.717) is 17.9 Å². The third-order valence-electron chi connectivity index (χ3n) is 4.19. The second-order valence-electron chi connectivity index (χ2n) is 6.30. The number of carbonyl (C=O) groups is 1. The summed E-state index contributed by atoms with van der Waals surface area (Å²) in [6.07, 6.45) is 0.281. The van der Waals surface area contributed by atoms with Crippen molar-refractivity contribution in [1.82, 2.24) is 5.32 Å². The van der Waals surface area contributed by atoms with Gasteiger partial charge in [-0.3, -0.25) is 4.79 Å². The Kier molecular flexibility index (Phi) is 7.16. The summed E-state index contributed by atoms with van der Waals surface area (Å²) in [7, 11) is 0. The topological polar surface area (TPSA) is 58.6 Å². The lowest BCUT2D eigenvalue weighted by atomic mass is 10.0. The molecule has 0 aliphatic rings. The van der Waals surface area contributed by atoms with Crippen LogP contribution in [0.1, 0.15) is 47.8 Å². The van der Waals surface area contributed by atoms with Crippen molar-refractivity contribution in [3.8, 4) is 5.75 Å². The molecule has 0 radical (unpaired) electrons. The highest BCUT2D eigenvalue weighted by Gasteiger charge is 2.13. The Morgan fingerprint density at radius 1 is 1.16 bits per heavy atom. The monoisotopic (exact) mass is 341 g/mol. The zero-order chi connectivity index (χ0) is 18.2. The summed E-state index contributed by atoms with van der Waals surface area (Å²) < 4.78 is 5.64. The van der Waals surface area contributed by atoms with Gasteiger partial charge < -0.3 is 15.2 Å². The van der Waals surface area contributed by atoms with Gasteiger partial charge in [0.25, 0.3) is 0 Å². The summed E-state index contributed by atoms with van der Waals surface area (Å²) in [5, 5.41) is 13.6. The maximum atomic E-state index is 11.6. The molecule has 0 saturated heterocycles. The first-order valence-corrected chi connectivity index (χ1v) is 8.72. The predicted molar refractivity (Wildman–Crippen MR) is 100 cm³/mol. The molecule has 0 spiro atoms. The van der Waals surface area contributed by atoms with E-state index in [9.17, 15) is 9.90 Å². The number of aliphatic hydroxyl groups is 1. The normalized spacial score (nSPS) is 13.3. The SMILES string of the molecule is CCC(NCC(O)COc1ccccc1C(C)=O)c1ccc(C)cc1. The average Bonchev–Trinajstić information content (AvgIpc) is 2.62. The van der Waals surface area contributed by atoms with Gasteiger partial charge in [0.15, 0.2) is 5.78 Å². The lowest BCUT2D eigenvalue weighted by Gasteiger charge is -2.20. The van der Waals surface area contributed by atoms with Crippen LogP contribution in [-0.2, 0) is 0 Å². The number of hydrogen-bond donors (Lipinski definition) is 2. The molecule has 0 amide bonds. The molecule has 4 nitrogen and oxygen atoms in total. The summed E-state index contributed by atoms with van der Waals surface area (Å²) in [5.74, 6) is 0.466. The van der Waals surface area contributed by atoms with Crippen LogP contribution in [0.25, 0.3) is 0 Å². The zero-order valence-corrected chi connectivity index (χ0v) is 15.2. The fourth-order valence-corrected chi connectivity index (χ4v) is 2.70. The first-order valence-electron chi connectivity index (χ1n) is 8.72. The molecule has 0 aliphatic heterocycles. The maximum absolute atomic E-state index is 11.6. The van der Waals surface area contributed by atoms with Crippen molar-refractivity contribution in [2.75, 3.05) is 13.2 Å². The molecule has 0 saturated carbocycles. The Bertz CT molecular complexity index is 682. The van der Waals surface area contributed by atoms with Crippen LogP contribution in [0.2, 0.25) is 0 Å². The van der Waals surface area contributed by atoms with Crippen LogP contribution in [0.4, 0.5) is 0 Å². The highest BCUT2D eigenvalue weighted by atomic mass is 16.5. The van der Waals surface area contributed by atoms with Gasteiger partial charge in [0.1, 0.15) is 18.5 Å². The minimum atomic E-state index is -0.653. The Hall–Kier alpha value is -2.17.